The van der Waals surface area contributed by atoms with Gasteiger partial charge in [-0.15, -0.1) is 23.1 Å². The highest BCUT2D eigenvalue weighted by Gasteiger charge is 2.20. The van der Waals surface area contributed by atoms with Crippen LogP contribution in [0, 0.1) is 20.8 Å². The van der Waals surface area contributed by atoms with Gasteiger partial charge in [-0.05, 0) is 58.0 Å². The maximum atomic E-state index is 12.7. The van der Waals surface area contributed by atoms with E-state index in [4.69, 9.17) is 9.47 Å². The Bertz CT molecular complexity index is 1090. The molecule has 3 aromatic rings. The molecule has 0 aliphatic carbocycles. The van der Waals surface area contributed by atoms with Gasteiger partial charge >= 0.3 is 5.97 Å². The topological polar surface area (TPSA) is 70.4 Å². The third-order valence-corrected chi connectivity index (χ3v) is 6.98. The van der Waals surface area contributed by atoms with Crippen LogP contribution in [0.25, 0.3) is 0 Å². The summed E-state index contributed by atoms with van der Waals surface area (Å²) in [5.41, 5.74) is 3.87. The Morgan fingerprint density at radius 1 is 1.19 bits per heavy atom. The van der Waals surface area contributed by atoms with Crippen molar-refractivity contribution in [3.05, 3.63) is 68.9 Å². The molecule has 1 aromatic carbocycles. The molecular formula is C24H28N2O4S2. The molecule has 1 atom stereocenters. The molecule has 0 saturated carbocycles. The summed E-state index contributed by atoms with van der Waals surface area (Å²) in [7, 11) is 1.66. The average Bonchev–Trinajstić information content (AvgIpc) is 3.32. The van der Waals surface area contributed by atoms with Crippen LogP contribution in [0.4, 0.5) is 0 Å². The minimum atomic E-state index is -0.508. The molecule has 0 saturated heterocycles. The minimum Gasteiger partial charge on any atom is -0.454 e. The van der Waals surface area contributed by atoms with Crippen molar-refractivity contribution in [3.8, 4) is 0 Å². The van der Waals surface area contributed by atoms with E-state index in [-0.39, 0.29) is 18.4 Å². The molecule has 0 aliphatic heterocycles. The zero-order valence-electron chi connectivity index (χ0n) is 19.0. The summed E-state index contributed by atoms with van der Waals surface area (Å²) >= 11 is 3.30. The van der Waals surface area contributed by atoms with E-state index in [9.17, 15) is 9.59 Å². The van der Waals surface area contributed by atoms with Gasteiger partial charge in [0.25, 0.3) is 0 Å². The number of rotatable bonds is 10. The molecule has 170 valence electrons. The number of nitrogens with zero attached hydrogens (tertiary/aromatic N) is 2. The standard InChI is InChI=1S/C24H28N2O4S2/c1-15-10-22(17(3)26(15)16(2)11-29-5)23(27)12-30-24(28)19-6-8-21(9-7-19)32-14-20-13-31-18(4)25-20/h6-10,13,16H,11-12,14H2,1-5H3. The van der Waals surface area contributed by atoms with Crippen molar-refractivity contribution >= 4 is 34.9 Å². The monoisotopic (exact) mass is 472 g/mol. The summed E-state index contributed by atoms with van der Waals surface area (Å²) in [5.74, 6) is 0.0592. The van der Waals surface area contributed by atoms with E-state index in [1.807, 2.05) is 45.9 Å². The third kappa shape index (κ3) is 5.88. The molecule has 0 aliphatic rings. The Balaban J connectivity index is 1.56. The van der Waals surface area contributed by atoms with Gasteiger partial charge in [0.15, 0.2) is 6.61 Å². The van der Waals surface area contributed by atoms with Crippen molar-refractivity contribution in [3.63, 3.8) is 0 Å². The number of hydrogen-bond donors (Lipinski definition) is 0. The first-order valence-electron chi connectivity index (χ1n) is 10.3. The Morgan fingerprint density at radius 3 is 2.53 bits per heavy atom. The summed E-state index contributed by atoms with van der Waals surface area (Å²) in [6.45, 7) is 8.15. The number of Topliss-reactive ketones (excluding diaryl/α,β-unsaturated/α-hetero) is 1. The van der Waals surface area contributed by atoms with E-state index in [1.54, 1.807) is 42.3 Å². The Hall–Kier alpha value is -2.42. The highest BCUT2D eigenvalue weighted by molar-refractivity contribution is 7.98. The maximum absolute atomic E-state index is 12.7. The number of ketones is 1. The fourth-order valence-corrected chi connectivity index (χ4v) is 5.17. The van der Waals surface area contributed by atoms with Gasteiger partial charge in [0.05, 0.1) is 28.9 Å². The van der Waals surface area contributed by atoms with Gasteiger partial charge in [-0.1, -0.05) is 0 Å². The number of aromatic nitrogens is 2. The first kappa shape index (κ1) is 24.2. The van der Waals surface area contributed by atoms with E-state index in [1.165, 1.54) is 0 Å². The van der Waals surface area contributed by atoms with Crippen LogP contribution in [0.1, 0.15) is 55.8 Å². The molecule has 0 N–H and O–H groups in total. The summed E-state index contributed by atoms with van der Waals surface area (Å²) in [4.78, 5) is 30.6. The van der Waals surface area contributed by atoms with Crippen LogP contribution in [0.5, 0.6) is 0 Å². The molecule has 1 unspecified atom stereocenters. The largest absolute Gasteiger partial charge is 0.454 e. The molecule has 0 fully saturated rings. The number of ether oxygens (including phenoxy) is 2. The number of thiazole rings is 1. The van der Waals surface area contributed by atoms with E-state index < -0.39 is 5.97 Å². The van der Waals surface area contributed by atoms with Crippen molar-refractivity contribution in [2.24, 2.45) is 0 Å². The number of esters is 1. The predicted octanol–water partition coefficient (Wildman–Crippen LogP) is 5.41. The molecular weight excluding hydrogens is 444 g/mol. The third-order valence-electron chi connectivity index (χ3n) is 5.11. The first-order chi connectivity index (χ1) is 15.3. The van der Waals surface area contributed by atoms with E-state index in [0.717, 1.165) is 32.7 Å². The number of thioether (sulfide) groups is 1. The molecule has 0 spiro atoms. The minimum absolute atomic E-state index is 0.111. The van der Waals surface area contributed by atoms with Crippen LogP contribution in [0.3, 0.4) is 0 Å². The Kier molecular flexibility index (Phi) is 8.28. The molecule has 8 heteroatoms. The molecule has 0 amide bonds. The number of carbonyl (C=O) groups is 2. The Labute approximate surface area is 197 Å². The predicted molar refractivity (Wildman–Crippen MR) is 128 cm³/mol. The van der Waals surface area contributed by atoms with Crippen LogP contribution in [0.2, 0.25) is 0 Å². The lowest BCUT2D eigenvalue weighted by Crippen LogP contribution is -2.17. The number of hydrogen-bond acceptors (Lipinski definition) is 7. The summed E-state index contributed by atoms with van der Waals surface area (Å²) < 4.78 is 12.6. The number of methoxy groups -OCH3 is 1. The zero-order valence-corrected chi connectivity index (χ0v) is 20.6. The van der Waals surface area contributed by atoms with Gasteiger partial charge in [0, 0.05) is 40.1 Å². The molecule has 0 radical (unpaired) electrons. The summed E-state index contributed by atoms with van der Waals surface area (Å²) in [6, 6.07) is 9.16. The van der Waals surface area contributed by atoms with E-state index in [2.05, 4.69) is 14.9 Å². The summed E-state index contributed by atoms with van der Waals surface area (Å²) in [5, 5.41) is 3.11. The van der Waals surface area contributed by atoms with Gasteiger partial charge in [-0.25, -0.2) is 9.78 Å². The lowest BCUT2D eigenvalue weighted by atomic mass is 10.1. The van der Waals surface area contributed by atoms with E-state index in [0.29, 0.717) is 17.7 Å². The van der Waals surface area contributed by atoms with Gasteiger partial charge in [-0.3, -0.25) is 4.79 Å². The van der Waals surface area contributed by atoms with E-state index >= 15 is 0 Å². The first-order valence-corrected chi connectivity index (χ1v) is 12.2. The second-order valence-corrected chi connectivity index (χ2v) is 9.74. The zero-order chi connectivity index (χ0) is 23.3. The fourth-order valence-electron chi connectivity index (χ4n) is 3.66. The van der Waals surface area contributed by atoms with Crippen molar-refractivity contribution in [1.82, 2.24) is 9.55 Å². The lowest BCUT2D eigenvalue weighted by molar-refractivity contribution is 0.0474. The second-order valence-electron chi connectivity index (χ2n) is 7.63. The molecule has 2 heterocycles. The van der Waals surface area contributed by atoms with Crippen LogP contribution in [0.15, 0.2) is 40.6 Å². The van der Waals surface area contributed by atoms with Crippen LogP contribution in [-0.4, -0.2) is 41.6 Å². The van der Waals surface area contributed by atoms with Crippen molar-refractivity contribution < 1.29 is 19.1 Å². The lowest BCUT2D eigenvalue weighted by Gasteiger charge is -2.17. The van der Waals surface area contributed by atoms with Crippen molar-refractivity contribution in [2.75, 3.05) is 20.3 Å². The molecule has 3 rings (SSSR count). The number of benzene rings is 1. The number of carbonyl (C=O) groups excluding carboxylic acids is 2. The average molecular weight is 473 g/mol. The van der Waals surface area contributed by atoms with Gasteiger partial charge in [0.2, 0.25) is 5.78 Å². The molecule has 0 bridgehead atoms. The van der Waals surface area contributed by atoms with Gasteiger partial charge < -0.3 is 14.0 Å². The summed E-state index contributed by atoms with van der Waals surface area (Å²) in [6.07, 6.45) is 0. The highest BCUT2D eigenvalue weighted by Crippen LogP contribution is 2.24. The molecule has 2 aromatic heterocycles. The maximum Gasteiger partial charge on any atom is 0.338 e. The second kappa shape index (κ2) is 10.9. The molecule has 32 heavy (non-hydrogen) atoms. The smallest absolute Gasteiger partial charge is 0.338 e. The van der Waals surface area contributed by atoms with Gasteiger partial charge in [0.1, 0.15) is 0 Å². The van der Waals surface area contributed by atoms with Crippen molar-refractivity contribution in [1.29, 1.82) is 0 Å². The quantitative estimate of drug-likeness (QED) is 0.223. The normalized spacial score (nSPS) is 12.0. The van der Waals surface area contributed by atoms with Crippen LogP contribution < -0.4 is 0 Å². The number of aryl methyl sites for hydroxylation is 2. The van der Waals surface area contributed by atoms with Crippen molar-refractivity contribution in [2.45, 2.75) is 44.4 Å². The van der Waals surface area contributed by atoms with Gasteiger partial charge in [-0.2, -0.15) is 0 Å². The SMILES string of the molecule is COCC(C)n1c(C)cc(C(=O)COC(=O)c2ccc(SCc3csc(C)n3)cc2)c1C. The Morgan fingerprint density at radius 2 is 1.91 bits per heavy atom. The highest BCUT2D eigenvalue weighted by atomic mass is 32.2. The van der Waals surface area contributed by atoms with Crippen LogP contribution in [-0.2, 0) is 15.2 Å². The fraction of sp³-hybridized carbons (Fsp3) is 0.375. The molecule has 6 nitrogen and oxygen atoms in total. The van der Waals surface area contributed by atoms with Crippen LogP contribution >= 0.6 is 23.1 Å².